The quantitative estimate of drug-likeness (QED) is 0.911. The minimum Gasteiger partial charge on any atom is -0.324 e. The van der Waals surface area contributed by atoms with Gasteiger partial charge in [-0.3, -0.25) is 5.32 Å². The zero-order valence-electron chi connectivity index (χ0n) is 13.8. The lowest BCUT2D eigenvalue weighted by molar-refractivity contribution is 0.182. The molecule has 1 aliphatic heterocycles. The van der Waals surface area contributed by atoms with E-state index in [0.717, 1.165) is 24.4 Å². The molecule has 3 rings (SSSR count). The van der Waals surface area contributed by atoms with Crippen LogP contribution in [-0.4, -0.2) is 33.4 Å². The highest BCUT2D eigenvalue weighted by atomic mass is 32.1. The first-order valence-electron chi connectivity index (χ1n) is 8.10. The molecular weight excluding hydrogens is 341 g/mol. The van der Waals surface area contributed by atoms with Gasteiger partial charge < -0.3 is 4.90 Å². The third-order valence-electron chi connectivity index (χ3n) is 4.33. The zero-order chi connectivity index (χ0) is 17.8. The van der Waals surface area contributed by atoms with Crippen LogP contribution in [0.3, 0.4) is 0 Å². The van der Waals surface area contributed by atoms with Crippen LogP contribution in [0, 0.1) is 30.0 Å². The van der Waals surface area contributed by atoms with Crippen LogP contribution in [0.25, 0.3) is 0 Å². The van der Waals surface area contributed by atoms with Crippen LogP contribution in [0.1, 0.15) is 29.8 Å². The molecule has 0 saturated carbocycles. The minimum absolute atomic E-state index is 0.167. The molecule has 0 unspecified atom stereocenters. The van der Waals surface area contributed by atoms with Crippen molar-refractivity contribution < 1.29 is 9.18 Å². The average Bonchev–Trinajstić information content (AvgIpc) is 3.02. The summed E-state index contributed by atoms with van der Waals surface area (Å²) in [6, 6.07) is 6.38. The largest absolute Gasteiger partial charge is 0.324 e. The summed E-state index contributed by atoms with van der Waals surface area (Å²) < 4.78 is 18.0. The topological polar surface area (TPSA) is 81.9 Å². The van der Waals surface area contributed by atoms with E-state index >= 15 is 0 Å². The number of halogens is 1. The minimum atomic E-state index is -0.328. The van der Waals surface area contributed by atoms with Crippen LogP contribution in [-0.2, 0) is 6.42 Å². The molecular formula is C17H18FN5OS. The Bertz CT molecular complexity index is 808. The van der Waals surface area contributed by atoms with Crippen molar-refractivity contribution in [3.05, 3.63) is 41.0 Å². The lowest BCUT2D eigenvalue weighted by Crippen LogP contribution is -2.41. The van der Waals surface area contributed by atoms with E-state index in [1.807, 2.05) is 6.07 Å². The number of likely N-dealkylation sites (tertiary alicyclic amines) is 1. The van der Waals surface area contributed by atoms with Crippen molar-refractivity contribution in [2.45, 2.75) is 26.2 Å². The molecule has 6 nitrogen and oxygen atoms in total. The predicted molar refractivity (Wildman–Crippen MR) is 92.8 cm³/mol. The number of carbonyl (C=O) groups is 1. The third-order valence-corrected chi connectivity index (χ3v) is 5.06. The number of benzene rings is 1. The second-order valence-electron chi connectivity index (χ2n) is 6.13. The highest BCUT2D eigenvalue weighted by Gasteiger charge is 2.24. The summed E-state index contributed by atoms with van der Waals surface area (Å²) in [6.45, 7) is 3.04. The third kappa shape index (κ3) is 4.31. The van der Waals surface area contributed by atoms with E-state index in [0.29, 0.717) is 47.5 Å². The molecule has 25 heavy (non-hydrogen) atoms. The normalized spacial score (nSPS) is 15.0. The van der Waals surface area contributed by atoms with Gasteiger partial charge in [-0.25, -0.2) is 14.2 Å². The van der Waals surface area contributed by atoms with Gasteiger partial charge in [0.2, 0.25) is 5.13 Å². The van der Waals surface area contributed by atoms with Gasteiger partial charge in [0.25, 0.3) is 0 Å². The lowest BCUT2D eigenvalue weighted by atomic mass is 9.90. The Morgan fingerprint density at radius 1 is 1.48 bits per heavy atom. The van der Waals surface area contributed by atoms with Crippen molar-refractivity contribution in [3.8, 4) is 6.07 Å². The molecule has 2 amide bonds. The summed E-state index contributed by atoms with van der Waals surface area (Å²) in [5, 5.41) is 12.1. The number of hydrogen-bond acceptors (Lipinski definition) is 5. The standard InChI is InChI=1S/C17H18FN5OS/c1-11-20-16(25-22-11)21-17(24)23-6-4-12(5-7-23)8-14-3-2-13(10-19)9-15(14)18/h2-3,9,12H,4-8H2,1H3,(H,20,21,22,24). The summed E-state index contributed by atoms with van der Waals surface area (Å²) in [6.07, 6.45) is 2.27. The van der Waals surface area contributed by atoms with E-state index in [2.05, 4.69) is 14.7 Å². The van der Waals surface area contributed by atoms with Crippen LogP contribution in [0.15, 0.2) is 18.2 Å². The smallest absolute Gasteiger partial charge is 0.323 e. The molecule has 0 radical (unpaired) electrons. The number of rotatable bonds is 3. The highest BCUT2D eigenvalue weighted by molar-refractivity contribution is 7.09. The monoisotopic (exact) mass is 359 g/mol. The lowest BCUT2D eigenvalue weighted by Gasteiger charge is -2.31. The molecule has 1 aliphatic rings. The Morgan fingerprint density at radius 3 is 2.84 bits per heavy atom. The molecule has 0 bridgehead atoms. The Balaban J connectivity index is 1.51. The first-order valence-corrected chi connectivity index (χ1v) is 8.87. The van der Waals surface area contributed by atoms with Gasteiger partial charge in [-0.1, -0.05) is 6.07 Å². The Hall–Kier alpha value is -2.53. The van der Waals surface area contributed by atoms with E-state index in [9.17, 15) is 9.18 Å². The first-order chi connectivity index (χ1) is 12.0. The number of nitrogens with zero attached hydrogens (tertiary/aromatic N) is 4. The SMILES string of the molecule is Cc1nsc(NC(=O)N2CCC(Cc3ccc(C#N)cc3F)CC2)n1. The van der Waals surface area contributed by atoms with Gasteiger partial charge in [-0.05, 0) is 49.8 Å². The molecule has 8 heteroatoms. The Labute approximate surface area is 149 Å². The van der Waals surface area contributed by atoms with Crippen molar-refractivity contribution in [1.82, 2.24) is 14.3 Å². The second-order valence-corrected chi connectivity index (χ2v) is 6.88. The molecule has 1 saturated heterocycles. The van der Waals surface area contributed by atoms with Gasteiger partial charge in [0.15, 0.2) is 0 Å². The number of nitrogens with one attached hydrogen (secondary N) is 1. The number of piperidine rings is 1. The Morgan fingerprint density at radius 2 is 2.24 bits per heavy atom. The van der Waals surface area contributed by atoms with E-state index in [1.54, 1.807) is 24.0 Å². The van der Waals surface area contributed by atoms with E-state index < -0.39 is 0 Å². The molecule has 2 aromatic rings. The summed E-state index contributed by atoms with van der Waals surface area (Å²) in [7, 11) is 0. The number of carbonyl (C=O) groups excluding carboxylic acids is 1. The second kappa shape index (κ2) is 7.57. The summed E-state index contributed by atoms with van der Waals surface area (Å²) in [5.74, 6) is 0.643. The summed E-state index contributed by atoms with van der Waals surface area (Å²) >= 11 is 1.16. The van der Waals surface area contributed by atoms with Crippen molar-refractivity contribution in [1.29, 1.82) is 5.26 Å². The molecule has 2 heterocycles. The predicted octanol–water partition coefficient (Wildman–Crippen LogP) is 3.34. The summed E-state index contributed by atoms with van der Waals surface area (Å²) in [4.78, 5) is 18.1. The van der Waals surface area contributed by atoms with Gasteiger partial charge in [0, 0.05) is 24.6 Å². The maximum atomic E-state index is 14.0. The number of aromatic nitrogens is 2. The van der Waals surface area contributed by atoms with Gasteiger partial charge in [0.1, 0.15) is 11.6 Å². The number of aryl methyl sites for hydroxylation is 1. The van der Waals surface area contributed by atoms with Crippen LogP contribution < -0.4 is 5.32 Å². The van der Waals surface area contributed by atoms with E-state index in [4.69, 9.17) is 5.26 Å². The van der Waals surface area contributed by atoms with Crippen molar-refractivity contribution >= 4 is 22.7 Å². The first kappa shape index (κ1) is 17.3. The van der Waals surface area contributed by atoms with Gasteiger partial charge >= 0.3 is 6.03 Å². The van der Waals surface area contributed by atoms with Crippen LogP contribution in [0.5, 0.6) is 0 Å². The molecule has 1 fully saturated rings. The van der Waals surface area contributed by atoms with Gasteiger partial charge in [-0.2, -0.15) is 9.64 Å². The van der Waals surface area contributed by atoms with Gasteiger partial charge in [-0.15, -0.1) is 0 Å². The van der Waals surface area contributed by atoms with Crippen LogP contribution in [0.4, 0.5) is 14.3 Å². The highest BCUT2D eigenvalue weighted by Crippen LogP contribution is 2.24. The fourth-order valence-electron chi connectivity index (χ4n) is 2.95. The molecule has 130 valence electrons. The molecule has 1 aromatic heterocycles. The fraction of sp³-hybridized carbons (Fsp3) is 0.412. The zero-order valence-corrected chi connectivity index (χ0v) is 14.6. The summed E-state index contributed by atoms with van der Waals surface area (Å²) in [5.41, 5.74) is 0.964. The van der Waals surface area contributed by atoms with Crippen LogP contribution >= 0.6 is 11.5 Å². The van der Waals surface area contributed by atoms with Crippen LogP contribution in [0.2, 0.25) is 0 Å². The average molecular weight is 359 g/mol. The number of amides is 2. The number of anilines is 1. The van der Waals surface area contributed by atoms with E-state index in [1.165, 1.54) is 6.07 Å². The molecule has 0 atom stereocenters. The van der Waals surface area contributed by atoms with Crippen molar-refractivity contribution in [3.63, 3.8) is 0 Å². The maximum Gasteiger partial charge on any atom is 0.323 e. The molecule has 0 aliphatic carbocycles. The molecule has 0 spiro atoms. The fourth-order valence-corrected chi connectivity index (χ4v) is 3.52. The van der Waals surface area contributed by atoms with Gasteiger partial charge in [0.05, 0.1) is 11.6 Å². The van der Waals surface area contributed by atoms with E-state index in [-0.39, 0.29) is 11.8 Å². The number of urea groups is 1. The number of nitriles is 1. The molecule has 1 aromatic carbocycles. The Kier molecular flexibility index (Phi) is 5.24. The molecule has 1 N–H and O–H groups in total. The van der Waals surface area contributed by atoms with Crippen molar-refractivity contribution in [2.24, 2.45) is 5.92 Å². The number of hydrogen-bond donors (Lipinski definition) is 1. The maximum absolute atomic E-state index is 14.0. The van der Waals surface area contributed by atoms with Crippen molar-refractivity contribution in [2.75, 3.05) is 18.4 Å².